The zero-order chi connectivity index (χ0) is 9.52. The Kier molecular flexibility index (Phi) is 3.81. The van der Waals surface area contributed by atoms with Gasteiger partial charge in [0.25, 0.3) is 0 Å². The molecule has 0 aliphatic heterocycles. The van der Waals surface area contributed by atoms with Gasteiger partial charge < -0.3 is 0 Å². The quantitative estimate of drug-likeness (QED) is 0.622. The van der Waals surface area contributed by atoms with E-state index in [1.165, 1.54) is 16.3 Å². The Labute approximate surface area is 82.2 Å². The fraction of sp³-hybridized carbons (Fsp3) is 0. The molecule has 1 nitrogen and oxygen atoms in total. The minimum atomic E-state index is 1.22. The van der Waals surface area contributed by atoms with E-state index in [1.807, 2.05) is 0 Å². The van der Waals surface area contributed by atoms with Crippen molar-refractivity contribution in [2.45, 2.75) is 0 Å². The van der Waals surface area contributed by atoms with Crippen molar-refractivity contribution < 1.29 is 0 Å². The van der Waals surface area contributed by atoms with Crippen molar-refractivity contribution in [1.29, 1.82) is 5.26 Å². The van der Waals surface area contributed by atoms with Gasteiger partial charge in [0.15, 0.2) is 5.53 Å². The number of halogens is 1. The lowest BCUT2D eigenvalue weighted by atomic mass is 10.1. The Morgan fingerprint density at radius 3 is 1.31 bits per heavy atom. The lowest BCUT2D eigenvalue weighted by molar-refractivity contribution is 1.57. The fourth-order valence-electron chi connectivity index (χ4n) is 1.13. The minimum absolute atomic E-state index is 1.22. The molecule has 0 aliphatic carbocycles. The van der Waals surface area contributed by atoms with Crippen molar-refractivity contribution in [3.8, 4) is 5.53 Å². The van der Waals surface area contributed by atoms with Gasteiger partial charge in [-0.2, -0.15) is 5.26 Å². The first-order valence-electron chi connectivity index (χ1n) is 3.82. The van der Waals surface area contributed by atoms with Gasteiger partial charge in [-0.3, -0.25) is 0 Å². The van der Waals surface area contributed by atoms with Gasteiger partial charge in [0.2, 0.25) is 0 Å². The van der Waals surface area contributed by atoms with Gasteiger partial charge in [-0.15, -0.1) is 0 Å². The van der Waals surface area contributed by atoms with E-state index in [2.05, 4.69) is 60.1 Å². The number of hydrogen-bond acceptors (Lipinski definition) is 1. The molecule has 0 aliphatic rings. The van der Waals surface area contributed by atoms with Crippen LogP contribution in [0.1, 0.15) is 0 Å². The third-order valence-corrected chi connectivity index (χ3v) is 1.66. The van der Waals surface area contributed by atoms with Crippen molar-refractivity contribution >= 4 is 22.4 Å². The monoisotopic (exact) mass is 189 g/mol. The molecular weight excluding hydrogens is 182 g/mol. The number of nitrogens with zero attached hydrogens (tertiary/aromatic N) is 1. The molecule has 0 radical (unpaired) electrons. The number of fused-ring (bicyclic) bond motifs is 1. The van der Waals surface area contributed by atoms with Crippen molar-refractivity contribution in [1.82, 2.24) is 0 Å². The molecule has 0 bridgehead atoms. The maximum Gasteiger partial charge on any atom is 0.173 e. The second kappa shape index (κ2) is 5.18. The Balaban J connectivity index is 0.000000251. The molecule has 0 heterocycles. The summed E-state index contributed by atoms with van der Waals surface area (Å²) in [5.41, 5.74) is 1.22. The third-order valence-electron chi connectivity index (χ3n) is 1.66. The summed E-state index contributed by atoms with van der Waals surface area (Å²) in [6.07, 6.45) is 0. The first kappa shape index (κ1) is 9.57. The zero-order valence-electron chi connectivity index (χ0n) is 6.94. The summed E-state index contributed by atoms with van der Waals surface area (Å²) in [5, 5.41) is 9.71. The van der Waals surface area contributed by atoms with Crippen LogP contribution in [0.5, 0.6) is 0 Å². The summed E-state index contributed by atoms with van der Waals surface area (Å²) in [4.78, 5) is 0. The molecule has 2 aromatic carbocycles. The maximum absolute atomic E-state index is 7.08. The van der Waals surface area contributed by atoms with Crippen LogP contribution in [0.4, 0.5) is 0 Å². The highest BCUT2D eigenvalue weighted by molar-refractivity contribution is 6.28. The van der Waals surface area contributed by atoms with Crippen LogP contribution in [0, 0.1) is 10.8 Å². The molecule has 13 heavy (non-hydrogen) atoms. The van der Waals surface area contributed by atoms with Crippen LogP contribution >= 0.6 is 11.6 Å². The summed E-state index contributed by atoms with van der Waals surface area (Å²) >= 11 is 4.30. The molecule has 0 unspecified atom stereocenters. The Bertz CT molecular complexity index is 352. The number of benzene rings is 2. The van der Waals surface area contributed by atoms with Gasteiger partial charge >= 0.3 is 0 Å². The van der Waals surface area contributed by atoms with E-state index in [0.29, 0.717) is 0 Å². The maximum atomic E-state index is 7.08. The van der Waals surface area contributed by atoms with E-state index in [0.717, 1.165) is 0 Å². The largest absolute Gasteiger partial charge is 0.179 e. The van der Waals surface area contributed by atoms with Crippen LogP contribution in [-0.2, 0) is 0 Å². The second-order valence-electron chi connectivity index (χ2n) is 2.43. The smallest absolute Gasteiger partial charge is 0.173 e. The molecule has 0 aromatic heterocycles. The van der Waals surface area contributed by atoms with Gasteiger partial charge in [0.05, 0.1) is 0 Å². The normalized spacial score (nSPS) is 8.31. The predicted octanol–water partition coefficient (Wildman–Crippen LogP) is 3.55. The summed E-state index contributed by atoms with van der Waals surface area (Å²) < 4.78 is 0. The van der Waals surface area contributed by atoms with E-state index < -0.39 is 0 Å². The molecular formula is C11H8ClN. The van der Waals surface area contributed by atoms with Gasteiger partial charge in [-0.05, 0) is 10.8 Å². The molecule has 2 heteroatoms. The standard InChI is InChI=1S/C10H8.CClN/c1-2-6-10-8-4-3-7-9(10)5-1;2-1-3/h1-8H;. The predicted molar refractivity (Wildman–Crippen MR) is 55.4 cm³/mol. The SMILES string of the molecule is N#CCl.c1ccc2ccccc2c1. The van der Waals surface area contributed by atoms with Gasteiger partial charge in [-0.1, -0.05) is 48.5 Å². The van der Waals surface area contributed by atoms with Crippen LogP contribution in [0.2, 0.25) is 0 Å². The topological polar surface area (TPSA) is 23.8 Å². The number of nitriles is 1. The van der Waals surface area contributed by atoms with Crippen molar-refractivity contribution in [2.75, 3.05) is 0 Å². The summed E-state index contributed by atoms with van der Waals surface area (Å²) in [6.45, 7) is 0. The lowest BCUT2D eigenvalue weighted by Gasteiger charge is -1.92. The van der Waals surface area contributed by atoms with E-state index in [9.17, 15) is 0 Å². The molecule has 0 saturated carbocycles. The Hall–Kier alpha value is -1.52. The van der Waals surface area contributed by atoms with Crippen LogP contribution in [0.25, 0.3) is 10.8 Å². The molecule has 2 rings (SSSR count). The fourth-order valence-corrected chi connectivity index (χ4v) is 1.13. The number of hydrogen-bond donors (Lipinski definition) is 0. The highest BCUT2D eigenvalue weighted by Gasteiger charge is 1.85. The molecule has 0 fully saturated rings. The molecule has 0 amide bonds. The van der Waals surface area contributed by atoms with Crippen LogP contribution in [-0.4, -0.2) is 0 Å². The van der Waals surface area contributed by atoms with Crippen molar-refractivity contribution in [3.05, 3.63) is 48.5 Å². The second-order valence-corrected chi connectivity index (χ2v) is 2.60. The summed E-state index contributed by atoms with van der Waals surface area (Å²) in [7, 11) is 0. The highest BCUT2D eigenvalue weighted by atomic mass is 35.5. The average molecular weight is 190 g/mol. The zero-order valence-corrected chi connectivity index (χ0v) is 7.70. The highest BCUT2D eigenvalue weighted by Crippen LogP contribution is 2.11. The van der Waals surface area contributed by atoms with E-state index in [4.69, 9.17) is 5.26 Å². The Morgan fingerprint density at radius 1 is 0.846 bits per heavy atom. The number of rotatable bonds is 0. The molecule has 0 spiro atoms. The lowest BCUT2D eigenvalue weighted by Crippen LogP contribution is -1.67. The minimum Gasteiger partial charge on any atom is -0.179 e. The van der Waals surface area contributed by atoms with E-state index in [-0.39, 0.29) is 0 Å². The van der Waals surface area contributed by atoms with E-state index in [1.54, 1.807) is 0 Å². The first-order valence-corrected chi connectivity index (χ1v) is 4.20. The third kappa shape index (κ3) is 2.77. The molecule has 2 aromatic rings. The average Bonchev–Trinajstić information content (AvgIpc) is 2.19. The molecule has 0 atom stereocenters. The first-order chi connectivity index (χ1) is 6.38. The van der Waals surface area contributed by atoms with Gasteiger partial charge in [0, 0.05) is 11.6 Å². The van der Waals surface area contributed by atoms with E-state index >= 15 is 0 Å². The summed E-state index contributed by atoms with van der Waals surface area (Å²) in [6, 6.07) is 16.7. The van der Waals surface area contributed by atoms with Crippen LogP contribution in [0.15, 0.2) is 48.5 Å². The summed E-state index contributed by atoms with van der Waals surface area (Å²) in [5.74, 6) is 0. The molecule has 0 N–H and O–H groups in total. The van der Waals surface area contributed by atoms with Crippen molar-refractivity contribution in [2.24, 2.45) is 0 Å². The van der Waals surface area contributed by atoms with Crippen molar-refractivity contribution in [3.63, 3.8) is 0 Å². The molecule has 64 valence electrons. The van der Waals surface area contributed by atoms with Crippen LogP contribution in [0.3, 0.4) is 0 Å². The van der Waals surface area contributed by atoms with Crippen LogP contribution < -0.4 is 0 Å². The van der Waals surface area contributed by atoms with Gasteiger partial charge in [0.1, 0.15) is 0 Å². The Morgan fingerprint density at radius 2 is 1.08 bits per heavy atom. The van der Waals surface area contributed by atoms with Gasteiger partial charge in [-0.25, -0.2) is 0 Å². The molecule has 0 saturated heterocycles.